The zero-order valence-electron chi connectivity index (χ0n) is 12.1. The average molecular weight is 304 g/mol. The number of carbonyl (C=O) groups is 1. The zero-order chi connectivity index (χ0) is 16.2. The van der Waals surface area contributed by atoms with Gasteiger partial charge in [-0.15, -0.1) is 0 Å². The fourth-order valence-corrected chi connectivity index (χ4v) is 1.78. The highest BCUT2D eigenvalue weighted by molar-refractivity contribution is 5.89. The molecule has 0 saturated carbocycles. The quantitative estimate of drug-likeness (QED) is 0.896. The normalized spacial score (nSPS) is 13.1. The Morgan fingerprint density at radius 3 is 2.43 bits per heavy atom. The second kappa shape index (κ2) is 6.80. The Morgan fingerprint density at radius 1 is 1.33 bits per heavy atom. The number of hydrogen-bond donors (Lipinski definition) is 2. The Morgan fingerprint density at radius 2 is 1.95 bits per heavy atom. The second-order valence-corrected chi connectivity index (χ2v) is 5.10. The molecule has 0 fully saturated rings. The molecule has 0 aliphatic heterocycles. The first kappa shape index (κ1) is 17.3. The minimum Gasteiger partial charge on any atom is -0.392 e. The van der Waals surface area contributed by atoms with Crippen molar-refractivity contribution in [2.24, 2.45) is 0 Å². The topological polar surface area (TPSA) is 52.6 Å². The standard InChI is InChI=1S/C14H19F3N2O2/c1-9(2)19(8-10(3)20)13(21)18-12-6-4-5-11(7-12)14(15,16)17/h4-7,9-10,20H,8H2,1-3H3,(H,18,21). The van der Waals surface area contributed by atoms with Gasteiger partial charge < -0.3 is 15.3 Å². The maximum Gasteiger partial charge on any atom is 0.416 e. The summed E-state index contributed by atoms with van der Waals surface area (Å²) in [5.41, 5.74) is -0.766. The predicted molar refractivity (Wildman–Crippen MR) is 74.0 cm³/mol. The van der Waals surface area contributed by atoms with E-state index in [0.29, 0.717) is 0 Å². The molecule has 0 aliphatic rings. The average Bonchev–Trinajstić information content (AvgIpc) is 2.34. The maximum atomic E-state index is 12.6. The number of anilines is 1. The van der Waals surface area contributed by atoms with E-state index in [1.807, 2.05) is 0 Å². The van der Waals surface area contributed by atoms with Gasteiger partial charge in [0.2, 0.25) is 0 Å². The van der Waals surface area contributed by atoms with Crippen LogP contribution in [0.4, 0.5) is 23.7 Å². The lowest BCUT2D eigenvalue weighted by Gasteiger charge is -2.28. The number of aliphatic hydroxyl groups excluding tert-OH is 1. The number of hydrogen-bond acceptors (Lipinski definition) is 2. The van der Waals surface area contributed by atoms with E-state index in [0.717, 1.165) is 12.1 Å². The van der Waals surface area contributed by atoms with E-state index in [1.54, 1.807) is 13.8 Å². The second-order valence-electron chi connectivity index (χ2n) is 5.10. The van der Waals surface area contributed by atoms with Gasteiger partial charge in [0, 0.05) is 18.3 Å². The third-order valence-electron chi connectivity index (χ3n) is 2.79. The van der Waals surface area contributed by atoms with E-state index < -0.39 is 23.9 Å². The van der Waals surface area contributed by atoms with Gasteiger partial charge in [0.05, 0.1) is 11.7 Å². The molecule has 1 atom stereocenters. The van der Waals surface area contributed by atoms with Crippen LogP contribution < -0.4 is 5.32 Å². The van der Waals surface area contributed by atoms with Crippen molar-refractivity contribution in [1.29, 1.82) is 0 Å². The first-order valence-electron chi connectivity index (χ1n) is 6.54. The molecule has 1 aromatic rings. The summed E-state index contributed by atoms with van der Waals surface area (Å²) in [5, 5.41) is 11.8. The summed E-state index contributed by atoms with van der Waals surface area (Å²) in [6, 6.07) is 3.68. The van der Waals surface area contributed by atoms with Gasteiger partial charge in [-0.3, -0.25) is 0 Å². The van der Waals surface area contributed by atoms with Gasteiger partial charge >= 0.3 is 12.2 Å². The van der Waals surface area contributed by atoms with Crippen LogP contribution in [0.5, 0.6) is 0 Å². The predicted octanol–water partition coefficient (Wildman–Crippen LogP) is 3.33. The molecule has 1 rings (SSSR count). The van der Waals surface area contributed by atoms with E-state index in [1.165, 1.54) is 24.0 Å². The van der Waals surface area contributed by atoms with Crippen LogP contribution in [0.1, 0.15) is 26.3 Å². The Kier molecular flexibility index (Phi) is 5.60. The molecule has 1 aromatic carbocycles. The molecule has 2 amide bonds. The Balaban J connectivity index is 2.86. The van der Waals surface area contributed by atoms with Crippen LogP contribution in [0.25, 0.3) is 0 Å². The van der Waals surface area contributed by atoms with E-state index in [-0.39, 0.29) is 18.3 Å². The van der Waals surface area contributed by atoms with Crippen LogP contribution >= 0.6 is 0 Å². The number of aliphatic hydroxyl groups is 1. The molecule has 118 valence electrons. The molecule has 2 N–H and O–H groups in total. The molecule has 0 spiro atoms. The molecule has 7 heteroatoms. The first-order valence-corrected chi connectivity index (χ1v) is 6.54. The lowest BCUT2D eigenvalue weighted by atomic mass is 10.2. The van der Waals surface area contributed by atoms with Crippen LogP contribution in [0.3, 0.4) is 0 Å². The molecule has 1 unspecified atom stereocenters. The highest BCUT2D eigenvalue weighted by atomic mass is 19.4. The summed E-state index contributed by atoms with van der Waals surface area (Å²) in [6.45, 7) is 5.15. The number of halogens is 3. The van der Waals surface area contributed by atoms with Crippen LogP contribution in [-0.4, -0.2) is 34.7 Å². The summed E-state index contributed by atoms with van der Waals surface area (Å²) in [5.74, 6) is 0. The SMILES string of the molecule is CC(O)CN(C(=O)Nc1cccc(C(F)(F)F)c1)C(C)C. The fraction of sp³-hybridized carbons (Fsp3) is 0.500. The molecule has 0 heterocycles. The lowest BCUT2D eigenvalue weighted by molar-refractivity contribution is -0.137. The number of benzene rings is 1. The maximum absolute atomic E-state index is 12.6. The smallest absolute Gasteiger partial charge is 0.392 e. The van der Waals surface area contributed by atoms with Crippen molar-refractivity contribution < 1.29 is 23.1 Å². The summed E-state index contributed by atoms with van der Waals surface area (Å²) >= 11 is 0. The molecular weight excluding hydrogens is 285 g/mol. The first-order chi connectivity index (χ1) is 9.61. The minimum atomic E-state index is -4.46. The van der Waals surface area contributed by atoms with Gasteiger partial charge in [-0.1, -0.05) is 6.07 Å². The summed E-state index contributed by atoms with van der Waals surface area (Å²) < 4.78 is 37.8. The Labute approximate surface area is 121 Å². The monoisotopic (exact) mass is 304 g/mol. The Bertz CT molecular complexity index is 487. The van der Waals surface area contributed by atoms with Crippen molar-refractivity contribution in [1.82, 2.24) is 4.90 Å². The zero-order valence-corrected chi connectivity index (χ0v) is 12.1. The van der Waals surface area contributed by atoms with Gasteiger partial charge in [-0.25, -0.2) is 4.79 Å². The van der Waals surface area contributed by atoms with Crippen molar-refractivity contribution in [2.75, 3.05) is 11.9 Å². The van der Waals surface area contributed by atoms with Crippen LogP contribution in [0.2, 0.25) is 0 Å². The van der Waals surface area contributed by atoms with Crippen LogP contribution in [0.15, 0.2) is 24.3 Å². The number of carbonyl (C=O) groups excluding carboxylic acids is 1. The van der Waals surface area contributed by atoms with Crippen LogP contribution in [0, 0.1) is 0 Å². The van der Waals surface area contributed by atoms with Crippen molar-refractivity contribution in [3.8, 4) is 0 Å². The van der Waals surface area contributed by atoms with Crippen LogP contribution in [-0.2, 0) is 6.18 Å². The third kappa shape index (κ3) is 5.26. The van der Waals surface area contributed by atoms with Crippen molar-refractivity contribution in [2.45, 2.75) is 39.1 Å². The molecule has 0 radical (unpaired) electrons. The van der Waals surface area contributed by atoms with E-state index in [2.05, 4.69) is 5.32 Å². The van der Waals surface area contributed by atoms with E-state index >= 15 is 0 Å². The number of alkyl halides is 3. The fourth-order valence-electron chi connectivity index (χ4n) is 1.78. The van der Waals surface area contributed by atoms with Crippen molar-refractivity contribution in [3.05, 3.63) is 29.8 Å². The van der Waals surface area contributed by atoms with Gasteiger partial charge in [0.25, 0.3) is 0 Å². The van der Waals surface area contributed by atoms with Gasteiger partial charge in [-0.2, -0.15) is 13.2 Å². The van der Waals surface area contributed by atoms with E-state index in [4.69, 9.17) is 0 Å². The highest BCUT2D eigenvalue weighted by Crippen LogP contribution is 2.30. The number of nitrogens with zero attached hydrogens (tertiary/aromatic N) is 1. The van der Waals surface area contributed by atoms with Gasteiger partial charge in [-0.05, 0) is 39.0 Å². The lowest BCUT2D eigenvalue weighted by Crippen LogP contribution is -2.43. The third-order valence-corrected chi connectivity index (χ3v) is 2.79. The largest absolute Gasteiger partial charge is 0.416 e. The molecular formula is C14H19F3N2O2. The molecule has 0 aromatic heterocycles. The highest BCUT2D eigenvalue weighted by Gasteiger charge is 2.30. The number of amides is 2. The van der Waals surface area contributed by atoms with Crippen molar-refractivity contribution in [3.63, 3.8) is 0 Å². The van der Waals surface area contributed by atoms with Gasteiger partial charge in [0.15, 0.2) is 0 Å². The minimum absolute atomic E-state index is 0.0612. The summed E-state index contributed by atoms with van der Waals surface area (Å²) in [7, 11) is 0. The summed E-state index contributed by atoms with van der Waals surface area (Å²) in [6.07, 6.45) is -5.18. The molecule has 0 saturated heterocycles. The molecule has 0 bridgehead atoms. The summed E-state index contributed by atoms with van der Waals surface area (Å²) in [4.78, 5) is 13.4. The molecule has 21 heavy (non-hydrogen) atoms. The Hall–Kier alpha value is -1.76. The molecule has 0 aliphatic carbocycles. The number of rotatable bonds is 4. The van der Waals surface area contributed by atoms with E-state index in [9.17, 15) is 23.1 Å². The number of urea groups is 1. The molecule has 4 nitrogen and oxygen atoms in total. The number of nitrogens with one attached hydrogen (secondary N) is 1. The van der Waals surface area contributed by atoms with Crippen molar-refractivity contribution >= 4 is 11.7 Å². The van der Waals surface area contributed by atoms with Gasteiger partial charge in [0.1, 0.15) is 0 Å².